The number of hydrogen-bond donors (Lipinski definition) is 1. The van der Waals surface area contributed by atoms with Crippen LogP contribution in [0.15, 0.2) is 35.4 Å². The Labute approximate surface area is 190 Å². The predicted octanol–water partition coefficient (Wildman–Crippen LogP) is 3.45. The SMILES string of the molecule is COc1cc2c(N3CCC(n4c(=O)[nH]c5cc(C)ccc54)CC3)ncnc2c(OC)c1OC. The molecule has 0 atom stereocenters. The summed E-state index contributed by atoms with van der Waals surface area (Å²) < 4.78 is 18.5. The molecule has 5 rings (SSSR count). The molecule has 2 aromatic heterocycles. The first-order valence-corrected chi connectivity index (χ1v) is 10.9. The molecule has 1 saturated heterocycles. The average molecular weight is 450 g/mol. The Kier molecular flexibility index (Phi) is 5.32. The maximum Gasteiger partial charge on any atom is 0.326 e. The van der Waals surface area contributed by atoms with Crippen LogP contribution in [0.2, 0.25) is 0 Å². The van der Waals surface area contributed by atoms with Gasteiger partial charge < -0.3 is 24.1 Å². The molecule has 0 spiro atoms. The van der Waals surface area contributed by atoms with E-state index in [1.165, 1.54) is 0 Å². The van der Waals surface area contributed by atoms with Crippen LogP contribution in [0.5, 0.6) is 17.2 Å². The summed E-state index contributed by atoms with van der Waals surface area (Å²) in [5, 5.41) is 0.838. The van der Waals surface area contributed by atoms with Crippen LogP contribution in [0.25, 0.3) is 21.9 Å². The van der Waals surface area contributed by atoms with Crippen molar-refractivity contribution >= 4 is 27.8 Å². The number of aromatic amines is 1. The van der Waals surface area contributed by atoms with Crippen molar-refractivity contribution in [1.82, 2.24) is 19.5 Å². The number of rotatable bonds is 5. The van der Waals surface area contributed by atoms with Crippen molar-refractivity contribution in [2.24, 2.45) is 0 Å². The largest absolute Gasteiger partial charge is 0.493 e. The molecule has 0 aliphatic carbocycles. The monoisotopic (exact) mass is 449 g/mol. The molecule has 1 aliphatic rings. The van der Waals surface area contributed by atoms with E-state index in [1.807, 2.05) is 35.8 Å². The van der Waals surface area contributed by atoms with E-state index in [-0.39, 0.29) is 11.7 Å². The number of benzene rings is 2. The highest BCUT2D eigenvalue weighted by molar-refractivity contribution is 5.97. The molecule has 4 aromatic rings. The number of fused-ring (bicyclic) bond motifs is 2. The van der Waals surface area contributed by atoms with Crippen molar-refractivity contribution in [3.63, 3.8) is 0 Å². The minimum Gasteiger partial charge on any atom is -0.493 e. The van der Waals surface area contributed by atoms with Gasteiger partial charge in [0.15, 0.2) is 11.5 Å². The Hall–Kier alpha value is -3.75. The summed E-state index contributed by atoms with van der Waals surface area (Å²) in [6.45, 7) is 3.55. The number of anilines is 1. The topological polar surface area (TPSA) is 94.5 Å². The fourth-order valence-electron chi connectivity index (χ4n) is 4.85. The zero-order chi connectivity index (χ0) is 23.1. The molecular weight excluding hydrogens is 422 g/mol. The summed E-state index contributed by atoms with van der Waals surface area (Å²) in [6, 6.07) is 8.11. The van der Waals surface area contributed by atoms with Gasteiger partial charge >= 0.3 is 5.69 Å². The predicted molar refractivity (Wildman–Crippen MR) is 127 cm³/mol. The lowest BCUT2D eigenvalue weighted by atomic mass is 10.0. The average Bonchev–Trinajstić information content (AvgIpc) is 3.16. The summed E-state index contributed by atoms with van der Waals surface area (Å²) in [7, 11) is 4.76. The highest BCUT2D eigenvalue weighted by atomic mass is 16.5. The van der Waals surface area contributed by atoms with Crippen molar-refractivity contribution in [2.75, 3.05) is 39.3 Å². The molecule has 0 unspecified atom stereocenters. The third kappa shape index (κ3) is 3.44. The summed E-state index contributed by atoms with van der Waals surface area (Å²) in [5.74, 6) is 2.41. The van der Waals surface area contributed by atoms with Crippen LogP contribution >= 0.6 is 0 Å². The Morgan fingerprint density at radius 1 is 1.00 bits per heavy atom. The van der Waals surface area contributed by atoms with E-state index in [0.717, 1.165) is 53.7 Å². The van der Waals surface area contributed by atoms with Gasteiger partial charge in [0.05, 0.1) is 37.7 Å². The van der Waals surface area contributed by atoms with Crippen LogP contribution < -0.4 is 24.8 Å². The van der Waals surface area contributed by atoms with Crippen molar-refractivity contribution in [2.45, 2.75) is 25.8 Å². The van der Waals surface area contributed by atoms with Gasteiger partial charge in [0.2, 0.25) is 5.75 Å². The second kappa shape index (κ2) is 8.31. The third-order valence-electron chi connectivity index (χ3n) is 6.41. The second-order valence-electron chi connectivity index (χ2n) is 8.28. The number of aromatic nitrogens is 4. The van der Waals surface area contributed by atoms with Crippen LogP contribution in [-0.2, 0) is 0 Å². The highest BCUT2D eigenvalue weighted by Gasteiger charge is 2.27. The van der Waals surface area contributed by atoms with Gasteiger partial charge in [-0.05, 0) is 43.5 Å². The van der Waals surface area contributed by atoms with E-state index in [0.29, 0.717) is 22.8 Å². The molecule has 0 bridgehead atoms. The first-order valence-electron chi connectivity index (χ1n) is 10.9. The normalized spacial score (nSPS) is 14.7. The number of ether oxygens (including phenoxy) is 3. The second-order valence-corrected chi connectivity index (χ2v) is 8.28. The maximum atomic E-state index is 12.7. The molecule has 9 heteroatoms. The van der Waals surface area contributed by atoms with Crippen LogP contribution in [0.4, 0.5) is 5.82 Å². The number of imidazole rings is 1. The molecule has 0 saturated carbocycles. The fourth-order valence-corrected chi connectivity index (χ4v) is 4.85. The quantitative estimate of drug-likeness (QED) is 0.499. The Bertz CT molecular complexity index is 1390. The lowest BCUT2D eigenvalue weighted by Crippen LogP contribution is -2.37. The number of H-pyrrole nitrogens is 1. The van der Waals surface area contributed by atoms with Gasteiger partial charge in [0, 0.05) is 19.1 Å². The van der Waals surface area contributed by atoms with Gasteiger partial charge in [-0.25, -0.2) is 14.8 Å². The smallest absolute Gasteiger partial charge is 0.326 e. The summed E-state index contributed by atoms with van der Waals surface area (Å²) >= 11 is 0. The standard InChI is InChI=1S/C24H27N5O4/c1-14-5-6-18-17(11-14)27-24(30)29(18)15-7-9-28(10-8-15)23-16-12-19(31-2)21(32-3)22(33-4)20(16)25-13-26-23/h5-6,11-13,15H,7-10H2,1-4H3,(H,27,30). The number of aryl methyl sites for hydroxylation is 1. The Morgan fingerprint density at radius 3 is 2.45 bits per heavy atom. The summed E-state index contributed by atoms with van der Waals surface area (Å²) in [6.07, 6.45) is 3.21. The number of hydrogen-bond acceptors (Lipinski definition) is 7. The Morgan fingerprint density at radius 2 is 1.76 bits per heavy atom. The molecule has 1 N–H and O–H groups in total. The van der Waals surface area contributed by atoms with Crippen LogP contribution in [0.1, 0.15) is 24.4 Å². The van der Waals surface area contributed by atoms with E-state index in [1.54, 1.807) is 27.7 Å². The Balaban J connectivity index is 1.48. The lowest BCUT2D eigenvalue weighted by molar-refractivity contribution is 0.327. The van der Waals surface area contributed by atoms with Gasteiger partial charge in [-0.1, -0.05) is 6.07 Å². The van der Waals surface area contributed by atoms with Crippen LogP contribution in [0, 0.1) is 6.92 Å². The molecule has 2 aromatic carbocycles. The highest BCUT2D eigenvalue weighted by Crippen LogP contribution is 2.44. The van der Waals surface area contributed by atoms with Gasteiger partial charge in [-0.15, -0.1) is 0 Å². The minimum absolute atomic E-state index is 0.0527. The third-order valence-corrected chi connectivity index (χ3v) is 6.41. The molecule has 9 nitrogen and oxygen atoms in total. The fraction of sp³-hybridized carbons (Fsp3) is 0.375. The lowest BCUT2D eigenvalue weighted by Gasteiger charge is -2.34. The van der Waals surface area contributed by atoms with Crippen LogP contribution in [0.3, 0.4) is 0 Å². The maximum absolute atomic E-state index is 12.7. The summed E-state index contributed by atoms with van der Waals surface area (Å²) in [4.78, 5) is 27.0. The number of methoxy groups -OCH3 is 3. The first kappa shape index (κ1) is 21.1. The number of piperidine rings is 1. The molecule has 1 fully saturated rings. The van der Waals surface area contributed by atoms with Crippen LogP contribution in [-0.4, -0.2) is 53.9 Å². The molecule has 33 heavy (non-hydrogen) atoms. The van der Waals surface area contributed by atoms with E-state index < -0.39 is 0 Å². The van der Waals surface area contributed by atoms with E-state index >= 15 is 0 Å². The van der Waals surface area contributed by atoms with Gasteiger partial charge in [-0.3, -0.25) is 4.57 Å². The van der Waals surface area contributed by atoms with Crippen molar-refractivity contribution in [3.05, 3.63) is 46.6 Å². The molecule has 1 aliphatic heterocycles. The van der Waals surface area contributed by atoms with Crippen molar-refractivity contribution in [3.8, 4) is 17.2 Å². The molecular formula is C24H27N5O4. The summed E-state index contributed by atoms with van der Waals surface area (Å²) in [5.41, 5.74) is 3.59. The number of nitrogens with zero attached hydrogens (tertiary/aromatic N) is 4. The zero-order valence-corrected chi connectivity index (χ0v) is 19.2. The van der Waals surface area contributed by atoms with Crippen molar-refractivity contribution in [1.29, 1.82) is 0 Å². The molecule has 172 valence electrons. The minimum atomic E-state index is -0.0527. The van der Waals surface area contributed by atoms with Crippen molar-refractivity contribution < 1.29 is 14.2 Å². The van der Waals surface area contributed by atoms with Gasteiger partial charge in [0.25, 0.3) is 0 Å². The van der Waals surface area contributed by atoms with Gasteiger partial charge in [-0.2, -0.15) is 0 Å². The van der Waals surface area contributed by atoms with Gasteiger partial charge in [0.1, 0.15) is 17.7 Å². The molecule has 3 heterocycles. The molecule has 0 amide bonds. The zero-order valence-electron chi connectivity index (χ0n) is 19.2. The number of nitrogens with one attached hydrogen (secondary N) is 1. The molecule has 0 radical (unpaired) electrons. The van der Waals surface area contributed by atoms with E-state index in [4.69, 9.17) is 14.2 Å². The van der Waals surface area contributed by atoms with E-state index in [9.17, 15) is 4.79 Å². The van der Waals surface area contributed by atoms with E-state index in [2.05, 4.69) is 19.9 Å². The first-order chi connectivity index (χ1) is 16.0.